The van der Waals surface area contributed by atoms with E-state index in [1.54, 1.807) is 0 Å². The number of benzene rings is 1. The van der Waals surface area contributed by atoms with Crippen LogP contribution in [0.3, 0.4) is 0 Å². The summed E-state index contributed by atoms with van der Waals surface area (Å²) in [6, 6.07) is 4.67. The van der Waals surface area contributed by atoms with Gasteiger partial charge in [-0.05, 0) is 25.7 Å². The molecular formula is C16H17F2N3OS. The summed E-state index contributed by atoms with van der Waals surface area (Å²) in [5.41, 5.74) is 0.646. The molecule has 3 rings (SSSR count). The summed E-state index contributed by atoms with van der Waals surface area (Å²) < 4.78 is 31.7. The summed E-state index contributed by atoms with van der Waals surface area (Å²) in [6.07, 6.45) is 3.30. The lowest BCUT2D eigenvalue weighted by molar-refractivity contribution is 0.0368. The molecule has 1 aromatic heterocycles. The predicted molar refractivity (Wildman–Crippen MR) is 84.1 cm³/mol. The molecule has 7 heteroatoms. The molecule has 0 saturated carbocycles. The van der Waals surface area contributed by atoms with Gasteiger partial charge >= 0.3 is 0 Å². The molecule has 1 fully saturated rings. The third kappa shape index (κ3) is 3.65. The van der Waals surface area contributed by atoms with Gasteiger partial charge in [-0.2, -0.15) is 5.26 Å². The maximum Gasteiger partial charge on any atom is 0.166 e. The fraction of sp³-hybridized carbons (Fsp3) is 0.500. The molecule has 1 aliphatic heterocycles. The number of nitriles is 1. The fourth-order valence-corrected chi connectivity index (χ4v) is 3.64. The molecule has 1 saturated heterocycles. The van der Waals surface area contributed by atoms with Gasteiger partial charge < -0.3 is 9.72 Å². The largest absolute Gasteiger partial charge is 0.381 e. The highest BCUT2D eigenvalue weighted by molar-refractivity contribution is 7.99. The molecule has 1 aromatic carbocycles. The number of aromatic nitrogens is 2. The number of H-pyrrole nitrogens is 1. The third-order valence-corrected chi connectivity index (χ3v) is 5.19. The van der Waals surface area contributed by atoms with E-state index in [1.165, 1.54) is 11.8 Å². The van der Waals surface area contributed by atoms with E-state index >= 15 is 0 Å². The average Bonchev–Trinajstić information content (AvgIpc) is 2.94. The molecule has 2 aromatic rings. The van der Waals surface area contributed by atoms with Crippen LogP contribution in [-0.4, -0.2) is 28.9 Å². The van der Waals surface area contributed by atoms with Gasteiger partial charge in [-0.25, -0.2) is 13.8 Å². The predicted octanol–water partition coefficient (Wildman–Crippen LogP) is 4.03. The molecule has 0 aliphatic carbocycles. The fourth-order valence-electron chi connectivity index (χ4n) is 2.81. The average molecular weight is 337 g/mol. The Morgan fingerprint density at radius 1 is 1.30 bits per heavy atom. The van der Waals surface area contributed by atoms with Crippen molar-refractivity contribution in [2.45, 2.75) is 30.8 Å². The summed E-state index contributed by atoms with van der Waals surface area (Å²) in [5.74, 6) is -0.973. The molecule has 122 valence electrons. The zero-order chi connectivity index (χ0) is 16.3. The van der Waals surface area contributed by atoms with Crippen molar-refractivity contribution in [2.75, 3.05) is 19.0 Å². The molecule has 0 bridgehead atoms. The first kappa shape index (κ1) is 16.2. The Morgan fingerprint density at radius 3 is 2.78 bits per heavy atom. The molecule has 0 unspecified atom stereocenters. The quantitative estimate of drug-likeness (QED) is 0.661. The van der Waals surface area contributed by atoms with Crippen molar-refractivity contribution in [3.05, 3.63) is 23.8 Å². The van der Waals surface area contributed by atoms with E-state index in [0.717, 1.165) is 43.6 Å². The molecule has 0 radical (unpaired) electrons. The molecule has 0 atom stereocenters. The lowest BCUT2D eigenvalue weighted by atomic mass is 9.78. The van der Waals surface area contributed by atoms with Gasteiger partial charge in [-0.1, -0.05) is 11.8 Å². The lowest BCUT2D eigenvalue weighted by Gasteiger charge is -2.30. The van der Waals surface area contributed by atoms with Crippen LogP contribution in [0.4, 0.5) is 8.78 Å². The van der Waals surface area contributed by atoms with Crippen LogP contribution in [0.25, 0.3) is 11.0 Å². The second-order valence-corrected chi connectivity index (χ2v) is 6.87. The zero-order valence-electron chi connectivity index (χ0n) is 12.6. The van der Waals surface area contributed by atoms with Crippen LogP contribution in [0.15, 0.2) is 17.3 Å². The summed E-state index contributed by atoms with van der Waals surface area (Å²) in [7, 11) is 0. The summed E-state index contributed by atoms with van der Waals surface area (Å²) in [4.78, 5) is 7.24. The van der Waals surface area contributed by atoms with Crippen LogP contribution in [0.5, 0.6) is 0 Å². The highest BCUT2D eigenvalue weighted by Crippen LogP contribution is 2.35. The van der Waals surface area contributed by atoms with Gasteiger partial charge in [-0.3, -0.25) is 0 Å². The highest BCUT2D eigenvalue weighted by Gasteiger charge is 2.31. The maximum absolute atomic E-state index is 13.2. The smallest absolute Gasteiger partial charge is 0.166 e. The van der Waals surface area contributed by atoms with Gasteiger partial charge in [0.15, 0.2) is 16.8 Å². The Morgan fingerprint density at radius 2 is 2.04 bits per heavy atom. The third-order valence-electron chi connectivity index (χ3n) is 4.23. The van der Waals surface area contributed by atoms with E-state index in [0.29, 0.717) is 29.4 Å². The maximum atomic E-state index is 13.2. The first-order valence-electron chi connectivity index (χ1n) is 7.58. The van der Waals surface area contributed by atoms with Crippen molar-refractivity contribution in [1.29, 1.82) is 5.26 Å². The number of rotatable bonds is 5. The monoisotopic (exact) mass is 337 g/mol. The minimum atomic E-state index is -0.893. The summed E-state index contributed by atoms with van der Waals surface area (Å²) in [5, 5.41) is 10.0. The van der Waals surface area contributed by atoms with Crippen molar-refractivity contribution >= 4 is 22.8 Å². The second-order valence-electron chi connectivity index (χ2n) is 5.78. The number of imidazole rings is 1. The molecule has 0 amide bonds. The van der Waals surface area contributed by atoms with Crippen LogP contribution in [-0.2, 0) is 4.74 Å². The van der Waals surface area contributed by atoms with Gasteiger partial charge in [-0.15, -0.1) is 0 Å². The normalized spacial score (nSPS) is 17.3. The minimum Gasteiger partial charge on any atom is -0.381 e. The summed E-state index contributed by atoms with van der Waals surface area (Å²) in [6.45, 7) is 1.31. The molecular weight excluding hydrogens is 320 g/mol. The van der Waals surface area contributed by atoms with Gasteiger partial charge in [0.2, 0.25) is 0 Å². The van der Waals surface area contributed by atoms with Crippen molar-refractivity contribution in [3.63, 3.8) is 0 Å². The molecule has 4 nitrogen and oxygen atoms in total. The minimum absolute atomic E-state index is 0.265. The van der Waals surface area contributed by atoms with Gasteiger partial charge in [0.1, 0.15) is 0 Å². The molecule has 1 aliphatic rings. The zero-order valence-corrected chi connectivity index (χ0v) is 13.4. The standard InChI is InChI=1S/C16H17F2N3OS/c17-11-8-13-14(9-12(11)18)21-15(20-13)23-7-1-2-16(10-19)3-5-22-6-4-16/h8-9H,1-7H2,(H,20,21). The van der Waals surface area contributed by atoms with E-state index < -0.39 is 11.6 Å². The van der Waals surface area contributed by atoms with E-state index in [1.807, 2.05) is 0 Å². The Kier molecular flexibility index (Phi) is 4.83. The van der Waals surface area contributed by atoms with Crippen LogP contribution >= 0.6 is 11.8 Å². The topological polar surface area (TPSA) is 61.7 Å². The highest BCUT2D eigenvalue weighted by atomic mass is 32.2. The number of hydrogen-bond acceptors (Lipinski definition) is 4. The van der Waals surface area contributed by atoms with Crippen LogP contribution in [0.1, 0.15) is 25.7 Å². The molecule has 23 heavy (non-hydrogen) atoms. The number of nitrogens with one attached hydrogen (secondary N) is 1. The van der Waals surface area contributed by atoms with Crippen molar-refractivity contribution in [3.8, 4) is 6.07 Å². The number of thioether (sulfide) groups is 1. The number of ether oxygens (including phenoxy) is 1. The van der Waals surface area contributed by atoms with E-state index in [-0.39, 0.29) is 5.41 Å². The first-order chi connectivity index (χ1) is 11.1. The number of hydrogen-bond donors (Lipinski definition) is 1. The van der Waals surface area contributed by atoms with Crippen LogP contribution < -0.4 is 0 Å². The van der Waals surface area contributed by atoms with Gasteiger partial charge in [0, 0.05) is 31.1 Å². The van der Waals surface area contributed by atoms with E-state index in [2.05, 4.69) is 16.0 Å². The number of fused-ring (bicyclic) bond motifs is 1. The van der Waals surface area contributed by atoms with E-state index in [4.69, 9.17) is 4.74 Å². The molecule has 0 spiro atoms. The SMILES string of the molecule is N#CC1(CCCSc2nc3cc(F)c(F)cc3[nH]2)CCOCC1. The second kappa shape index (κ2) is 6.85. The number of nitrogens with zero attached hydrogens (tertiary/aromatic N) is 2. The Labute approximate surface area is 137 Å². The Bertz CT molecular complexity index is 696. The van der Waals surface area contributed by atoms with E-state index in [9.17, 15) is 14.0 Å². The van der Waals surface area contributed by atoms with Gasteiger partial charge in [0.25, 0.3) is 0 Å². The first-order valence-corrected chi connectivity index (χ1v) is 8.57. The van der Waals surface area contributed by atoms with Crippen molar-refractivity contribution in [1.82, 2.24) is 9.97 Å². The van der Waals surface area contributed by atoms with Crippen LogP contribution in [0.2, 0.25) is 0 Å². The van der Waals surface area contributed by atoms with Crippen LogP contribution in [0, 0.1) is 28.4 Å². The van der Waals surface area contributed by atoms with Crippen molar-refractivity contribution < 1.29 is 13.5 Å². The number of aromatic amines is 1. The Balaban J connectivity index is 1.55. The van der Waals surface area contributed by atoms with Crippen molar-refractivity contribution in [2.24, 2.45) is 5.41 Å². The molecule has 2 heterocycles. The lowest BCUT2D eigenvalue weighted by Crippen LogP contribution is -2.28. The Hall–Kier alpha value is -1.65. The molecule has 1 N–H and O–H groups in total. The summed E-state index contributed by atoms with van der Waals surface area (Å²) >= 11 is 1.50. The van der Waals surface area contributed by atoms with Gasteiger partial charge in [0.05, 0.1) is 22.5 Å². The number of halogens is 2.